The van der Waals surface area contributed by atoms with Gasteiger partial charge < -0.3 is 23.4 Å². The van der Waals surface area contributed by atoms with E-state index in [1.165, 1.54) is 6.92 Å². The first kappa shape index (κ1) is 19.5. The molecule has 7 atom stereocenters. The summed E-state index contributed by atoms with van der Waals surface area (Å²) < 4.78 is 29.0. The minimum Gasteiger partial charge on any atom is -0.462 e. The third-order valence-electron chi connectivity index (χ3n) is 6.75. The van der Waals surface area contributed by atoms with Crippen LogP contribution in [0.25, 0.3) is 0 Å². The Labute approximate surface area is 173 Å². The van der Waals surface area contributed by atoms with Crippen LogP contribution in [-0.2, 0) is 35.0 Å². The van der Waals surface area contributed by atoms with Gasteiger partial charge >= 0.3 is 11.9 Å². The first-order chi connectivity index (χ1) is 14.2. The first-order valence-electron chi connectivity index (χ1n) is 10.1. The molecule has 3 fully saturated rings. The molecule has 0 spiro atoms. The SMILES string of the molecule is C=C(C)[C@@H]1Cc2oc(cc2C=O)[C@@H]2O[C@]2(C)C[C@H]2OC(=O)[C@@]3(O[C@H]23)[C@H](OC(C)=O)C1. The number of carbonyl (C=O) groups excluding carboxylic acids is 3. The second-order valence-electron chi connectivity index (χ2n) is 9.02. The van der Waals surface area contributed by atoms with Gasteiger partial charge in [0, 0.05) is 19.8 Å². The zero-order chi connectivity index (χ0) is 21.4. The van der Waals surface area contributed by atoms with Crippen molar-refractivity contribution in [3.8, 4) is 0 Å². The number of epoxide rings is 2. The van der Waals surface area contributed by atoms with E-state index in [9.17, 15) is 14.4 Å². The van der Waals surface area contributed by atoms with Gasteiger partial charge in [0.2, 0.25) is 5.60 Å². The van der Waals surface area contributed by atoms with Crippen LogP contribution in [0.15, 0.2) is 22.6 Å². The lowest BCUT2D eigenvalue weighted by molar-refractivity contribution is -0.165. The molecule has 8 nitrogen and oxygen atoms in total. The van der Waals surface area contributed by atoms with Crippen molar-refractivity contribution in [2.75, 3.05) is 0 Å². The van der Waals surface area contributed by atoms with Gasteiger partial charge in [0.1, 0.15) is 41.5 Å². The Balaban J connectivity index is 1.57. The highest BCUT2D eigenvalue weighted by atomic mass is 16.7. The predicted molar refractivity (Wildman–Crippen MR) is 101 cm³/mol. The number of rotatable bonds is 3. The van der Waals surface area contributed by atoms with E-state index < -0.39 is 41.5 Å². The lowest BCUT2D eigenvalue weighted by Gasteiger charge is -2.26. The second-order valence-corrected chi connectivity index (χ2v) is 9.02. The van der Waals surface area contributed by atoms with Crippen LogP contribution in [0, 0.1) is 5.92 Å². The zero-order valence-corrected chi connectivity index (χ0v) is 17.1. The highest BCUT2D eigenvalue weighted by molar-refractivity contribution is 5.88. The van der Waals surface area contributed by atoms with Gasteiger partial charge in [0.05, 0.1) is 5.56 Å². The van der Waals surface area contributed by atoms with Crippen LogP contribution in [0.1, 0.15) is 61.6 Å². The summed E-state index contributed by atoms with van der Waals surface area (Å²) in [7, 11) is 0. The van der Waals surface area contributed by atoms with E-state index in [1.54, 1.807) is 6.07 Å². The van der Waals surface area contributed by atoms with E-state index in [1.807, 2.05) is 13.8 Å². The minimum atomic E-state index is -1.29. The van der Waals surface area contributed by atoms with Gasteiger partial charge in [0.25, 0.3) is 0 Å². The van der Waals surface area contributed by atoms with E-state index in [0.29, 0.717) is 36.3 Å². The third-order valence-corrected chi connectivity index (χ3v) is 6.75. The van der Waals surface area contributed by atoms with Gasteiger partial charge in [-0.15, -0.1) is 0 Å². The summed E-state index contributed by atoms with van der Waals surface area (Å²) in [6, 6.07) is 1.71. The van der Waals surface area contributed by atoms with E-state index >= 15 is 0 Å². The lowest BCUT2D eigenvalue weighted by Crippen LogP contribution is -2.42. The number of aldehydes is 1. The van der Waals surface area contributed by atoms with Crippen LogP contribution < -0.4 is 0 Å². The Morgan fingerprint density at radius 3 is 2.73 bits per heavy atom. The molecule has 5 heterocycles. The molecule has 3 saturated heterocycles. The monoisotopic (exact) mass is 416 g/mol. The standard InChI is InChI=1S/C22H24O8/c1-10(2)12-5-14-13(9-23)6-15(27-14)18-21(4,29-18)8-16-19-22(30-19,20(25)28-16)17(7-12)26-11(3)24/h6,9,12,16-19H,1,5,7-8H2,2-4H3/t12-,16-,17-,18+,19-,21-,22-/m1/s1. The fourth-order valence-corrected chi connectivity index (χ4v) is 4.98. The molecular formula is C22H24O8. The quantitative estimate of drug-likeness (QED) is 0.320. The van der Waals surface area contributed by atoms with Crippen molar-refractivity contribution >= 4 is 18.2 Å². The third kappa shape index (κ3) is 2.77. The number of fused-ring (bicyclic) bond motifs is 4. The molecule has 0 N–H and O–H groups in total. The molecule has 0 amide bonds. The number of esters is 2. The summed E-state index contributed by atoms with van der Waals surface area (Å²) in [6.45, 7) is 9.13. The molecule has 30 heavy (non-hydrogen) atoms. The van der Waals surface area contributed by atoms with Crippen molar-refractivity contribution in [3.63, 3.8) is 0 Å². The number of furan rings is 1. The van der Waals surface area contributed by atoms with Crippen molar-refractivity contribution in [3.05, 3.63) is 35.3 Å². The largest absolute Gasteiger partial charge is 0.462 e. The molecule has 1 aromatic rings. The van der Waals surface area contributed by atoms with Crippen molar-refractivity contribution < 1.29 is 37.7 Å². The average molecular weight is 416 g/mol. The van der Waals surface area contributed by atoms with Crippen molar-refractivity contribution in [1.29, 1.82) is 0 Å². The molecule has 0 saturated carbocycles. The van der Waals surface area contributed by atoms with Crippen molar-refractivity contribution in [2.45, 2.75) is 75.7 Å². The summed E-state index contributed by atoms with van der Waals surface area (Å²) in [4.78, 5) is 36.3. The maximum atomic E-state index is 12.8. The van der Waals surface area contributed by atoms with Gasteiger partial charge in [-0.3, -0.25) is 9.59 Å². The Kier molecular flexibility index (Phi) is 4.08. The van der Waals surface area contributed by atoms with Gasteiger partial charge in [-0.05, 0) is 32.3 Å². The predicted octanol–water partition coefficient (Wildman–Crippen LogP) is 2.45. The number of carbonyl (C=O) groups is 3. The number of hydrogen-bond donors (Lipinski definition) is 0. The molecular weight excluding hydrogens is 392 g/mol. The van der Waals surface area contributed by atoms with Crippen LogP contribution in [-0.4, -0.2) is 47.7 Å². The van der Waals surface area contributed by atoms with Gasteiger partial charge in [0.15, 0.2) is 6.29 Å². The molecule has 4 bridgehead atoms. The van der Waals surface area contributed by atoms with Crippen molar-refractivity contribution in [1.82, 2.24) is 0 Å². The Hall–Kier alpha value is -2.45. The topological polar surface area (TPSA) is 108 Å². The molecule has 0 aromatic carbocycles. The average Bonchev–Trinajstić information content (AvgIpc) is 3.49. The molecule has 160 valence electrons. The van der Waals surface area contributed by atoms with Crippen LogP contribution in [0.2, 0.25) is 0 Å². The van der Waals surface area contributed by atoms with Gasteiger partial charge in [-0.25, -0.2) is 4.79 Å². The lowest BCUT2D eigenvalue weighted by atomic mass is 9.83. The van der Waals surface area contributed by atoms with E-state index in [4.69, 9.17) is 23.4 Å². The number of ether oxygens (including phenoxy) is 4. The first-order valence-corrected chi connectivity index (χ1v) is 10.1. The molecule has 0 radical (unpaired) electrons. The van der Waals surface area contributed by atoms with E-state index in [0.717, 1.165) is 11.9 Å². The summed E-state index contributed by atoms with van der Waals surface area (Å²) in [6.07, 6.45) is -0.277. The summed E-state index contributed by atoms with van der Waals surface area (Å²) in [5.41, 5.74) is -0.606. The number of hydrogen-bond acceptors (Lipinski definition) is 8. The fraction of sp³-hybridized carbons (Fsp3) is 0.591. The fourth-order valence-electron chi connectivity index (χ4n) is 4.98. The molecule has 8 heteroatoms. The highest BCUT2D eigenvalue weighted by Gasteiger charge is 2.79. The zero-order valence-electron chi connectivity index (χ0n) is 17.1. The minimum absolute atomic E-state index is 0.203. The molecule has 0 aliphatic carbocycles. The van der Waals surface area contributed by atoms with E-state index in [2.05, 4.69) is 6.58 Å². The smallest absolute Gasteiger partial charge is 0.345 e. The van der Waals surface area contributed by atoms with Crippen LogP contribution >= 0.6 is 0 Å². The normalized spacial score (nSPS) is 41.2. The summed E-state index contributed by atoms with van der Waals surface area (Å²) in [5, 5.41) is 0. The molecule has 4 aliphatic heterocycles. The second kappa shape index (κ2) is 6.28. The maximum absolute atomic E-state index is 12.8. The van der Waals surface area contributed by atoms with E-state index in [-0.39, 0.29) is 12.0 Å². The number of allylic oxidation sites excluding steroid dienone is 1. The molecule has 0 unspecified atom stereocenters. The molecule has 1 aromatic heterocycles. The molecule has 4 aliphatic rings. The summed E-state index contributed by atoms with van der Waals surface area (Å²) >= 11 is 0. The summed E-state index contributed by atoms with van der Waals surface area (Å²) in [5.74, 6) is -0.0990. The van der Waals surface area contributed by atoms with Gasteiger partial charge in [-0.1, -0.05) is 12.2 Å². The van der Waals surface area contributed by atoms with Crippen molar-refractivity contribution in [2.24, 2.45) is 5.92 Å². The van der Waals surface area contributed by atoms with Crippen LogP contribution in [0.3, 0.4) is 0 Å². The highest BCUT2D eigenvalue weighted by Crippen LogP contribution is 2.59. The maximum Gasteiger partial charge on any atom is 0.345 e. The Morgan fingerprint density at radius 2 is 2.10 bits per heavy atom. The van der Waals surface area contributed by atoms with Crippen LogP contribution in [0.4, 0.5) is 0 Å². The molecule has 5 rings (SSSR count). The van der Waals surface area contributed by atoms with Crippen LogP contribution in [0.5, 0.6) is 0 Å². The Morgan fingerprint density at radius 1 is 1.33 bits per heavy atom. The Bertz CT molecular complexity index is 962. The van der Waals surface area contributed by atoms with Gasteiger partial charge in [-0.2, -0.15) is 0 Å².